The molecule has 0 saturated carbocycles. The van der Waals surface area contributed by atoms with Crippen molar-refractivity contribution in [2.24, 2.45) is 10.2 Å². The first-order valence-electron chi connectivity index (χ1n) is 10.3. The maximum atomic E-state index is 13.4. The molecule has 5 rings (SSSR count). The Hall–Kier alpha value is -4.19. The number of aromatic nitrogens is 1. The summed E-state index contributed by atoms with van der Waals surface area (Å²) < 4.78 is 32.2. The Labute approximate surface area is 204 Å². The van der Waals surface area contributed by atoms with Gasteiger partial charge >= 0.3 is 5.91 Å². The fraction of sp³-hybridized carbons (Fsp3) is 0. The number of nitrogens with zero attached hydrogens (tertiary/aromatic N) is 4. The van der Waals surface area contributed by atoms with E-state index in [9.17, 15) is 17.8 Å². The van der Waals surface area contributed by atoms with Gasteiger partial charge in [0.2, 0.25) is 5.13 Å². The Bertz CT molecular complexity index is 1570. The Morgan fingerprint density at radius 1 is 0.914 bits per heavy atom. The van der Waals surface area contributed by atoms with Gasteiger partial charge in [-0.1, -0.05) is 66.7 Å². The van der Waals surface area contributed by atoms with Crippen LogP contribution in [0, 0.1) is 0 Å². The molecule has 0 saturated heterocycles. The van der Waals surface area contributed by atoms with Crippen molar-refractivity contribution in [3.63, 3.8) is 0 Å². The highest BCUT2D eigenvalue weighted by molar-refractivity contribution is 7.85. The number of carbonyl (C=O) groups excluding carboxylic acids is 1. The lowest BCUT2D eigenvalue weighted by Gasteiger charge is -2.07. The summed E-state index contributed by atoms with van der Waals surface area (Å²) in [7, 11) is -4.39. The van der Waals surface area contributed by atoms with Gasteiger partial charge in [-0.25, -0.2) is 4.98 Å². The molecular formula is C24H17N5O4S2. The molecule has 0 radical (unpaired) electrons. The van der Waals surface area contributed by atoms with Crippen molar-refractivity contribution in [3.8, 4) is 11.3 Å². The average Bonchev–Trinajstić information content (AvgIpc) is 3.48. The van der Waals surface area contributed by atoms with Crippen LogP contribution in [0.15, 0.2) is 105 Å². The Kier molecular flexibility index (Phi) is 5.95. The fourth-order valence-corrected chi connectivity index (χ4v) is 4.67. The van der Waals surface area contributed by atoms with E-state index in [0.29, 0.717) is 16.4 Å². The molecule has 0 aliphatic carbocycles. The van der Waals surface area contributed by atoms with Crippen molar-refractivity contribution >= 4 is 49.6 Å². The highest BCUT2D eigenvalue weighted by Crippen LogP contribution is 2.30. The molecule has 0 atom stereocenters. The van der Waals surface area contributed by atoms with Gasteiger partial charge in [0.05, 0.1) is 16.3 Å². The highest BCUT2D eigenvalue weighted by atomic mass is 32.2. The Morgan fingerprint density at radius 2 is 1.60 bits per heavy atom. The summed E-state index contributed by atoms with van der Waals surface area (Å²) in [5.41, 5.74) is 5.66. The van der Waals surface area contributed by atoms with E-state index in [1.807, 2.05) is 53.9 Å². The zero-order chi connectivity index (χ0) is 24.4. The molecule has 174 valence electrons. The molecule has 0 spiro atoms. The van der Waals surface area contributed by atoms with Crippen molar-refractivity contribution in [1.82, 2.24) is 4.98 Å². The maximum absolute atomic E-state index is 13.4. The van der Waals surface area contributed by atoms with Crippen molar-refractivity contribution in [3.05, 3.63) is 95.9 Å². The molecule has 11 heteroatoms. The van der Waals surface area contributed by atoms with E-state index in [2.05, 4.69) is 20.6 Å². The van der Waals surface area contributed by atoms with Gasteiger partial charge in [0.15, 0.2) is 5.71 Å². The molecule has 35 heavy (non-hydrogen) atoms. The molecule has 4 aromatic rings. The number of anilines is 2. The molecule has 3 aromatic carbocycles. The second-order valence-electron chi connectivity index (χ2n) is 7.39. The van der Waals surface area contributed by atoms with Gasteiger partial charge in [-0.05, 0) is 18.2 Å². The number of hydrazone groups is 2. The molecule has 2 heterocycles. The van der Waals surface area contributed by atoms with Gasteiger partial charge in [-0.15, -0.1) is 11.3 Å². The highest BCUT2D eigenvalue weighted by Gasteiger charge is 2.35. The van der Waals surface area contributed by atoms with Crippen molar-refractivity contribution in [2.45, 2.75) is 4.90 Å². The Balaban J connectivity index is 1.50. The van der Waals surface area contributed by atoms with Gasteiger partial charge in [0.25, 0.3) is 10.1 Å². The second kappa shape index (κ2) is 9.22. The van der Waals surface area contributed by atoms with E-state index in [0.717, 1.165) is 11.3 Å². The van der Waals surface area contributed by atoms with Crippen LogP contribution in [0.2, 0.25) is 0 Å². The number of benzene rings is 3. The number of hydrogen-bond acceptors (Lipinski definition) is 8. The first kappa shape index (κ1) is 22.6. The minimum absolute atomic E-state index is 0.0323. The molecule has 0 fully saturated rings. The van der Waals surface area contributed by atoms with Crippen molar-refractivity contribution in [2.75, 3.05) is 10.4 Å². The number of nitrogens with one attached hydrogen (secondary N) is 1. The zero-order valence-electron chi connectivity index (χ0n) is 17.9. The van der Waals surface area contributed by atoms with Crippen LogP contribution in [0.25, 0.3) is 11.3 Å². The normalized spacial score (nSPS) is 14.9. The fourth-order valence-electron chi connectivity index (χ4n) is 3.36. The van der Waals surface area contributed by atoms with E-state index in [1.165, 1.54) is 34.5 Å². The number of rotatable bonds is 6. The van der Waals surface area contributed by atoms with Gasteiger partial charge in [-0.3, -0.25) is 14.8 Å². The minimum atomic E-state index is -4.39. The number of amides is 1. The van der Waals surface area contributed by atoms with Gasteiger partial charge < -0.3 is 0 Å². The molecule has 1 aliphatic rings. The lowest BCUT2D eigenvalue weighted by molar-refractivity contribution is -0.112. The summed E-state index contributed by atoms with van der Waals surface area (Å²) in [6.07, 6.45) is 0. The third-order valence-electron chi connectivity index (χ3n) is 5.04. The van der Waals surface area contributed by atoms with Crippen LogP contribution in [0.3, 0.4) is 0 Å². The van der Waals surface area contributed by atoms with E-state index in [4.69, 9.17) is 0 Å². The molecule has 1 aromatic heterocycles. The van der Waals surface area contributed by atoms with Crippen molar-refractivity contribution in [1.29, 1.82) is 0 Å². The predicted octanol–water partition coefficient (Wildman–Crippen LogP) is 4.28. The summed E-state index contributed by atoms with van der Waals surface area (Å²) in [6.45, 7) is 0. The summed E-state index contributed by atoms with van der Waals surface area (Å²) in [5.74, 6) is -0.490. The summed E-state index contributed by atoms with van der Waals surface area (Å²) in [6, 6.07) is 24.2. The maximum Gasteiger partial charge on any atom is 0.303 e. The predicted molar refractivity (Wildman–Crippen MR) is 135 cm³/mol. The Morgan fingerprint density at radius 3 is 2.29 bits per heavy atom. The van der Waals surface area contributed by atoms with E-state index in [-0.39, 0.29) is 16.3 Å². The standard InChI is InChI=1S/C24H17N5O4S2/c30-23-22(27-26-18-12-7-13-19(14-18)35(31,32)33)21(17-10-5-2-6-11-17)28-29(23)24-25-20(15-34-24)16-8-3-1-4-9-16/h1-15,26H,(H,31,32,33)/b27-22-. The molecule has 1 aliphatic heterocycles. The summed E-state index contributed by atoms with van der Waals surface area (Å²) in [4.78, 5) is 17.6. The van der Waals surface area contributed by atoms with Crippen LogP contribution in [-0.2, 0) is 14.9 Å². The number of thiazole rings is 1. The van der Waals surface area contributed by atoms with Gasteiger partial charge in [0.1, 0.15) is 5.71 Å². The van der Waals surface area contributed by atoms with Crippen LogP contribution in [0.1, 0.15) is 5.56 Å². The molecule has 0 unspecified atom stereocenters. The molecular weight excluding hydrogens is 486 g/mol. The van der Waals surface area contributed by atoms with Crippen LogP contribution in [0.4, 0.5) is 10.8 Å². The van der Waals surface area contributed by atoms with Gasteiger partial charge in [0, 0.05) is 16.5 Å². The lowest BCUT2D eigenvalue weighted by Crippen LogP contribution is -2.28. The molecule has 9 nitrogen and oxygen atoms in total. The monoisotopic (exact) mass is 503 g/mol. The average molecular weight is 504 g/mol. The van der Waals surface area contributed by atoms with E-state index in [1.54, 1.807) is 18.2 Å². The quantitative estimate of drug-likeness (QED) is 0.299. The topological polar surface area (TPSA) is 124 Å². The second-order valence-corrected chi connectivity index (χ2v) is 9.65. The number of hydrogen-bond donors (Lipinski definition) is 2. The van der Waals surface area contributed by atoms with Crippen LogP contribution < -0.4 is 10.4 Å². The van der Waals surface area contributed by atoms with Crippen LogP contribution in [0.5, 0.6) is 0 Å². The van der Waals surface area contributed by atoms with Crippen molar-refractivity contribution < 1.29 is 17.8 Å². The van der Waals surface area contributed by atoms with E-state index >= 15 is 0 Å². The SMILES string of the molecule is O=C1/C(=N\Nc2cccc(S(=O)(=O)O)c2)C(c2ccccc2)=NN1c1nc(-c2ccccc2)cs1. The van der Waals surface area contributed by atoms with E-state index < -0.39 is 16.0 Å². The number of carbonyl (C=O) groups is 1. The summed E-state index contributed by atoms with van der Waals surface area (Å²) >= 11 is 1.28. The first-order valence-corrected chi connectivity index (χ1v) is 12.6. The molecule has 0 bridgehead atoms. The zero-order valence-corrected chi connectivity index (χ0v) is 19.6. The molecule has 1 amide bonds. The van der Waals surface area contributed by atoms with Crippen LogP contribution >= 0.6 is 11.3 Å². The third-order valence-corrected chi connectivity index (χ3v) is 6.70. The first-order chi connectivity index (χ1) is 16.9. The molecule has 2 N–H and O–H groups in total. The lowest BCUT2D eigenvalue weighted by atomic mass is 10.1. The minimum Gasteiger partial charge on any atom is -0.282 e. The van der Waals surface area contributed by atoms with Gasteiger partial charge in [-0.2, -0.15) is 23.6 Å². The largest absolute Gasteiger partial charge is 0.303 e. The van der Waals surface area contributed by atoms with Crippen LogP contribution in [-0.4, -0.2) is 35.3 Å². The third kappa shape index (κ3) is 4.73. The smallest absolute Gasteiger partial charge is 0.282 e. The summed E-state index contributed by atoms with van der Waals surface area (Å²) in [5, 5.41) is 12.2.